The molecule has 0 saturated carbocycles. The van der Waals surface area contributed by atoms with Gasteiger partial charge >= 0.3 is 0 Å². The monoisotopic (exact) mass is 355 g/mol. The van der Waals surface area contributed by atoms with Crippen LogP contribution in [0.5, 0.6) is 0 Å². The third-order valence-corrected chi connectivity index (χ3v) is 6.73. The van der Waals surface area contributed by atoms with Gasteiger partial charge in [-0.05, 0) is 25.0 Å². The van der Waals surface area contributed by atoms with Crippen LogP contribution in [-0.4, -0.2) is 67.5 Å². The minimum absolute atomic E-state index is 0.0454. The van der Waals surface area contributed by atoms with E-state index in [0.717, 1.165) is 12.1 Å². The smallest absolute Gasteiger partial charge is 0.281 e. The van der Waals surface area contributed by atoms with Gasteiger partial charge in [-0.2, -0.15) is 17.0 Å². The van der Waals surface area contributed by atoms with Crippen molar-refractivity contribution >= 4 is 10.2 Å². The van der Waals surface area contributed by atoms with Gasteiger partial charge in [0.1, 0.15) is 0 Å². The number of ether oxygens (including phenoxy) is 2. The van der Waals surface area contributed by atoms with Crippen molar-refractivity contribution in [2.75, 3.05) is 33.8 Å². The van der Waals surface area contributed by atoms with Crippen LogP contribution in [-0.2, 0) is 26.3 Å². The fourth-order valence-electron chi connectivity index (χ4n) is 3.30. The molecule has 2 saturated heterocycles. The Morgan fingerprint density at radius 1 is 1.38 bits per heavy atom. The zero-order chi connectivity index (χ0) is 17.2. The number of hydrogen-bond acceptors (Lipinski definition) is 5. The third-order valence-electron chi connectivity index (χ3n) is 4.79. The standard InChI is InChI=1S/C16H25N3O4S/c1-18(2)24(20,21)19-9-6-16(7-10-19)11-15(13-23-16)22-12-14-5-3-4-8-17-14/h3-5,8,15H,6-7,9-13H2,1-2H3/t15-/m1/s1. The van der Waals surface area contributed by atoms with Crippen LogP contribution in [0.3, 0.4) is 0 Å². The molecule has 0 N–H and O–H groups in total. The second-order valence-corrected chi connectivity index (χ2v) is 8.78. The average Bonchev–Trinajstić information content (AvgIpc) is 2.97. The van der Waals surface area contributed by atoms with Gasteiger partial charge in [-0.15, -0.1) is 0 Å². The zero-order valence-electron chi connectivity index (χ0n) is 14.2. The van der Waals surface area contributed by atoms with E-state index in [1.165, 1.54) is 8.61 Å². The van der Waals surface area contributed by atoms with Crippen molar-refractivity contribution in [3.05, 3.63) is 30.1 Å². The summed E-state index contributed by atoms with van der Waals surface area (Å²) in [5, 5.41) is 0. The Balaban J connectivity index is 1.51. The molecule has 2 fully saturated rings. The number of pyridine rings is 1. The van der Waals surface area contributed by atoms with E-state index in [2.05, 4.69) is 4.98 Å². The highest BCUT2D eigenvalue weighted by Gasteiger charge is 2.45. The van der Waals surface area contributed by atoms with Crippen LogP contribution >= 0.6 is 0 Å². The summed E-state index contributed by atoms with van der Waals surface area (Å²) in [6.07, 6.45) is 4.04. The van der Waals surface area contributed by atoms with Crippen molar-refractivity contribution in [1.82, 2.24) is 13.6 Å². The first kappa shape index (κ1) is 17.8. The second-order valence-electron chi connectivity index (χ2n) is 6.64. The molecule has 2 aliphatic heterocycles. The summed E-state index contributed by atoms with van der Waals surface area (Å²) in [6.45, 7) is 2.03. The second kappa shape index (κ2) is 7.05. The van der Waals surface area contributed by atoms with Crippen LogP contribution in [0.1, 0.15) is 25.0 Å². The van der Waals surface area contributed by atoms with Gasteiger partial charge in [0, 0.05) is 39.8 Å². The lowest BCUT2D eigenvalue weighted by Crippen LogP contribution is -2.49. The fourth-order valence-corrected chi connectivity index (χ4v) is 4.41. The third kappa shape index (κ3) is 3.78. The molecular weight excluding hydrogens is 330 g/mol. The predicted octanol–water partition coefficient (Wildman–Crippen LogP) is 1.03. The minimum atomic E-state index is -3.33. The fraction of sp³-hybridized carbons (Fsp3) is 0.688. The molecule has 1 aromatic heterocycles. The van der Waals surface area contributed by atoms with E-state index in [1.54, 1.807) is 20.3 Å². The normalized spacial score (nSPS) is 24.7. The number of piperidine rings is 1. The van der Waals surface area contributed by atoms with Gasteiger partial charge in [0.15, 0.2) is 0 Å². The molecule has 7 nitrogen and oxygen atoms in total. The Hall–Kier alpha value is -1.06. The summed E-state index contributed by atoms with van der Waals surface area (Å²) in [7, 11) is -0.209. The molecule has 1 atom stereocenters. The van der Waals surface area contributed by atoms with Gasteiger partial charge in [0.05, 0.1) is 30.6 Å². The molecular formula is C16H25N3O4S. The first-order valence-corrected chi connectivity index (χ1v) is 9.64. The number of aromatic nitrogens is 1. The van der Waals surface area contributed by atoms with E-state index in [-0.39, 0.29) is 11.7 Å². The van der Waals surface area contributed by atoms with Crippen LogP contribution in [0.25, 0.3) is 0 Å². The quantitative estimate of drug-likeness (QED) is 0.789. The summed E-state index contributed by atoms with van der Waals surface area (Å²) >= 11 is 0. The summed E-state index contributed by atoms with van der Waals surface area (Å²) in [6, 6.07) is 5.77. The Kier molecular flexibility index (Phi) is 5.22. The topological polar surface area (TPSA) is 72.0 Å². The molecule has 2 aliphatic rings. The molecule has 1 aromatic rings. The minimum Gasteiger partial charge on any atom is -0.372 e. The van der Waals surface area contributed by atoms with Crippen LogP contribution in [0, 0.1) is 0 Å². The maximum absolute atomic E-state index is 12.2. The lowest BCUT2D eigenvalue weighted by Gasteiger charge is -2.38. The molecule has 0 bridgehead atoms. The molecule has 24 heavy (non-hydrogen) atoms. The molecule has 0 aliphatic carbocycles. The van der Waals surface area contributed by atoms with Gasteiger partial charge in [0.2, 0.25) is 0 Å². The molecule has 134 valence electrons. The SMILES string of the molecule is CN(C)S(=O)(=O)N1CCC2(CC1)C[C@@H](OCc1ccccn1)CO2. The van der Waals surface area contributed by atoms with Crippen molar-refractivity contribution in [2.24, 2.45) is 0 Å². The summed E-state index contributed by atoms with van der Waals surface area (Å²) in [5.41, 5.74) is 0.665. The summed E-state index contributed by atoms with van der Waals surface area (Å²) < 4.78 is 39.1. The number of rotatable bonds is 5. The van der Waals surface area contributed by atoms with Crippen LogP contribution in [0.4, 0.5) is 0 Å². The van der Waals surface area contributed by atoms with Gasteiger partial charge in [-0.3, -0.25) is 4.98 Å². The molecule has 0 unspecified atom stereocenters. The Morgan fingerprint density at radius 3 is 2.75 bits per heavy atom. The van der Waals surface area contributed by atoms with Crippen molar-refractivity contribution < 1.29 is 17.9 Å². The summed E-state index contributed by atoms with van der Waals surface area (Å²) in [5.74, 6) is 0. The lowest BCUT2D eigenvalue weighted by atomic mass is 9.89. The van der Waals surface area contributed by atoms with Gasteiger partial charge < -0.3 is 9.47 Å². The lowest BCUT2D eigenvalue weighted by molar-refractivity contribution is -0.0348. The van der Waals surface area contributed by atoms with E-state index in [0.29, 0.717) is 39.1 Å². The van der Waals surface area contributed by atoms with Crippen molar-refractivity contribution in [3.63, 3.8) is 0 Å². The van der Waals surface area contributed by atoms with E-state index in [1.807, 2.05) is 18.2 Å². The first-order chi connectivity index (χ1) is 11.4. The summed E-state index contributed by atoms with van der Waals surface area (Å²) in [4.78, 5) is 4.25. The van der Waals surface area contributed by atoms with E-state index < -0.39 is 10.2 Å². The maximum atomic E-state index is 12.2. The number of nitrogens with zero attached hydrogens (tertiary/aromatic N) is 3. The molecule has 0 amide bonds. The Labute approximate surface area is 143 Å². The Bertz CT molecular complexity index is 643. The number of hydrogen-bond donors (Lipinski definition) is 0. The van der Waals surface area contributed by atoms with E-state index >= 15 is 0 Å². The van der Waals surface area contributed by atoms with Crippen LogP contribution < -0.4 is 0 Å². The van der Waals surface area contributed by atoms with Gasteiger partial charge in [-0.25, -0.2) is 0 Å². The van der Waals surface area contributed by atoms with Crippen molar-refractivity contribution in [2.45, 2.75) is 37.6 Å². The largest absolute Gasteiger partial charge is 0.372 e. The highest BCUT2D eigenvalue weighted by atomic mass is 32.2. The van der Waals surface area contributed by atoms with Crippen LogP contribution in [0.2, 0.25) is 0 Å². The average molecular weight is 355 g/mol. The van der Waals surface area contributed by atoms with E-state index in [9.17, 15) is 8.42 Å². The zero-order valence-corrected chi connectivity index (χ0v) is 15.0. The highest BCUT2D eigenvalue weighted by Crippen LogP contribution is 2.37. The van der Waals surface area contributed by atoms with Gasteiger partial charge in [-0.1, -0.05) is 6.07 Å². The molecule has 8 heteroatoms. The van der Waals surface area contributed by atoms with Gasteiger partial charge in [0.25, 0.3) is 10.2 Å². The Morgan fingerprint density at radius 2 is 2.12 bits per heavy atom. The molecule has 0 aromatic carbocycles. The molecule has 3 rings (SSSR count). The van der Waals surface area contributed by atoms with Crippen LogP contribution in [0.15, 0.2) is 24.4 Å². The molecule has 1 spiro atoms. The van der Waals surface area contributed by atoms with E-state index in [4.69, 9.17) is 9.47 Å². The first-order valence-electron chi connectivity index (χ1n) is 8.24. The maximum Gasteiger partial charge on any atom is 0.281 e. The van der Waals surface area contributed by atoms with Crippen molar-refractivity contribution in [3.8, 4) is 0 Å². The molecule has 3 heterocycles. The van der Waals surface area contributed by atoms with Crippen molar-refractivity contribution in [1.29, 1.82) is 0 Å². The predicted molar refractivity (Wildman–Crippen MR) is 89.5 cm³/mol. The molecule has 0 radical (unpaired) electrons. The highest BCUT2D eigenvalue weighted by molar-refractivity contribution is 7.86.